The molecule has 1 rings (SSSR count). The fourth-order valence-electron chi connectivity index (χ4n) is 0.882. The van der Waals surface area contributed by atoms with Crippen LogP contribution in [0.15, 0.2) is 17.1 Å². The van der Waals surface area contributed by atoms with Crippen LogP contribution in [0.3, 0.4) is 0 Å². The Morgan fingerprint density at radius 3 is 2.21 bits per heavy atom. The van der Waals surface area contributed by atoms with Crippen molar-refractivity contribution in [3.05, 3.63) is 32.9 Å². The average molecular weight is 311 g/mol. The first-order chi connectivity index (χ1) is 6.50. The summed E-state index contributed by atoms with van der Waals surface area (Å²) in [4.78, 5) is 3.64. The van der Waals surface area contributed by atoms with Gasteiger partial charge in [0.2, 0.25) is 0 Å². The van der Waals surface area contributed by atoms with E-state index in [4.69, 9.17) is 11.5 Å². The summed E-state index contributed by atoms with van der Waals surface area (Å²) < 4.78 is 26.0. The number of halogens is 3. The highest BCUT2D eigenvalue weighted by molar-refractivity contribution is 14.1. The van der Waals surface area contributed by atoms with E-state index in [2.05, 4.69) is 4.99 Å². The molecule has 14 heavy (non-hydrogen) atoms. The summed E-state index contributed by atoms with van der Waals surface area (Å²) in [7, 11) is 0. The van der Waals surface area contributed by atoms with Crippen LogP contribution in [0.5, 0.6) is 0 Å². The molecule has 0 spiro atoms. The van der Waals surface area contributed by atoms with Crippen LogP contribution in [-0.2, 0) is 6.54 Å². The van der Waals surface area contributed by atoms with Crippen molar-refractivity contribution in [3.8, 4) is 0 Å². The Morgan fingerprint density at radius 2 is 1.79 bits per heavy atom. The Morgan fingerprint density at radius 1 is 1.29 bits per heavy atom. The van der Waals surface area contributed by atoms with Gasteiger partial charge in [-0.2, -0.15) is 0 Å². The standard InChI is InChI=1S/C8H8F2IN3/c9-5-1-4(3-14-8(12)13)2-6(10)7(5)11/h1-2H,3H2,(H4,12,13,14). The summed E-state index contributed by atoms with van der Waals surface area (Å²) in [6, 6.07) is 2.41. The fourth-order valence-corrected chi connectivity index (χ4v) is 1.19. The maximum atomic E-state index is 13.0. The molecule has 1 aromatic carbocycles. The van der Waals surface area contributed by atoms with Crippen LogP contribution < -0.4 is 11.5 Å². The Hall–Kier alpha value is -0.920. The van der Waals surface area contributed by atoms with Crippen molar-refractivity contribution in [2.45, 2.75) is 6.54 Å². The van der Waals surface area contributed by atoms with Crippen molar-refractivity contribution in [1.82, 2.24) is 0 Å². The van der Waals surface area contributed by atoms with Gasteiger partial charge in [0.1, 0.15) is 11.6 Å². The van der Waals surface area contributed by atoms with Gasteiger partial charge in [-0.05, 0) is 40.3 Å². The lowest BCUT2D eigenvalue weighted by Gasteiger charge is -2.01. The highest BCUT2D eigenvalue weighted by atomic mass is 127. The SMILES string of the molecule is NC(N)=NCc1cc(F)c(I)c(F)c1. The van der Waals surface area contributed by atoms with Crippen LogP contribution in [-0.4, -0.2) is 5.96 Å². The molecule has 1 aromatic rings. The molecule has 0 aromatic heterocycles. The maximum Gasteiger partial charge on any atom is 0.186 e. The van der Waals surface area contributed by atoms with Crippen molar-refractivity contribution in [3.63, 3.8) is 0 Å². The highest BCUT2D eigenvalue weighted by Gasteiger charge is 2.07. The predicted octanol–water partition coefficient (Wildman–Crippen LogP) is 1.34. The van der Waals surface area contributed by atoms with Crippen LogP contribution in [0.2, 0.25) is 0 Å². The minimum atomic E-state index is -0.605. The van der Waals surface area contributed by atoms with Crippen molar-refractivity contribution >= 4 is 28.6 Å². The number of hydrogen-bond donors (Lipinski definition) is 2. The van der Waals surface area contributed by atoms with E-state index in [1.54, 1.807) is 22.6 Å². The number of nitrogens with zero attached hydrogens (tertiary/aromatic N) is 1. The van der Waals surface area contributed by atoms with Gasteiger partial charge >= 0.3 is 0 Å². The average Bonchev–Trinajstić information content (AvgIpc) is 2.10. The van der Waals surface area contributed by atoms with Crippen molar-refractivity contribution in [2.75, 3.05) is 0 Å². The Labute approximate surface area is 93.3 Å². The largest absolute Gasteiger partial charge is 0.370 e. The first kappa shape index (κ1) is 11.2. The van der Waals surface area contributed by atoms with E-state index in [1.165, 1.54) is 12.1 Å². The van der Waals surface area contributed by atoms with Crippen LogP contribution >= 0.6 is 22.6 Å². The topological polar surface area (TPSA) is 64.4 Å². The van der Waals surface area contributed by atoms with Crippen LogP contribution in [0, 0.1) is 15.2 Å². The van der Waals surface area contributed by atoms with Gasteiger partial charge in [0, 0.05) is 0 Å². The van der Waals surface area contributed by atoms with Gasteiger partial charge in [0.25, 0.3) is 0 Å². The molecular formula is C8H8F2IN3. The van der Waals surface area contributed by atoms with E-state index < -0.39 is 11.6 Å². The molecule has 0 saturated heterocycles. The molecule has 0 aliphatic heterocycles. The van der Waals surface area contributed by atoms with Gasteiger partial charge in [-0.15, -0.1) is 0 Å². The summed E-state index contributed by atoms with van der Waals surface area (Å²) in [5.74, 6) is -1.32. The van der Waals surface area contributed by atoms with E-state index in [-0.39, 0.29) is 16.1 Å². The molecule has 0 radical (unpaired) electrons. The summed E-state index contributed by atoms with van der Waals surface area (Å²) >= 11 is 1.59. The molecule has 0 heterocycles. The van der Waals surface area contributed by atoms with Gasteiger partial charge in [-0.25, -0.2) is 13.8 Å². The second kappa shape index (κ2) is 4.54. The molecule has 0 aliphatic rings. The lowest BCUT2D eigenvalue weighted by molar-refractivity contribution is 0.567. The zero-order valence-corrected chi connectivity index (χ0v) is 9.26. The number of rotatable bonds is 2. The van der Waals surface area contributed by atoms with Crippen molar-refractivity contribution in [1.29, 1.82) is 0 Å². The molecule has 0 bridgehead atoms. The summed E-state index contributed by atoms with van der Waals surface area (Å²) in [5.41, 5.74) is 10.6. The Bertz CT molecular complexity index is 352. The van der Waals surface area contributed by atoms with Crippen LogP contribution in [0.4, 0.5) is 8.78 Å². The minimum absolute atomic E-state index is 0.0314. The number of benzene rings is 1. The third-order valence-electron chi connectivity index (χ3n) is 1.49. The second-order valence-corrected chi connectivity index (χ2v) is 3.69. The molecule has 3 nitrogen and oxygen atoms in total. The smallest absolute Gasteiger partial charge is 0.186 e. The number of guanidine groups is 1. The third-order valence-corrected chi connectivity index (χ3v) is 2.52. The van der Waals surface area contributed by atoms with Crippen molar-refractivity contribution in [2.24, 2.45) is 16.5 Å². The molecule has 4 N–H and O–H groups in total. The monoisotopic (exact) mass is 311 g/mol. The fraction of sp³-hybridized carbons (Fsp3) is 0.125. The second-order valence-electron chi connectivity index (χ2n) is 2.61. The normalized spacial score (nSPS) is 9.93. The molecule has 0 saturated carbocycles. The molecule has 76 valence electrons. The first-order valence-corrected chi connectivity index (χ1v) is 4.77. The maximum absolute atomic E-state index is 13.0. The van der Waals surface area contributed by atoms with Crippen molar-refractivity contribution < 1.29 is 8.78 Å². The van der Waals surface area contributed by atoms with Gasteiger partial charge in [0.15, 0.2) is 5.96 Å². The van der Waals surface area contributed by atoms with Gasteiger partial charge in [-0.1, -0.05) is 0 Å². The molecule has 0 fully saturated rings. The summed E-state index contributed by atoms with van der Waals surface area (Å²) in [5, 5.41) is 0. The Balaban J connectivity index is 2.95. The van der Waals surface area contributed by atoms with Crippen LogP contribution in [0.25, 0.3) is 0 Å². The lowest BCUT2D eigenvalue weighted by Crippen LogP contribution is -2.22. The molecule has 6 heteroatoms. The predicted molar refractivity (Wildman–Crippen MR) is 58.6 cm³/mol. The quantitative estimate of drug-likeness (QED) is 0.375. The minimum Gasteiger partial charge on any atom is -0.370 e. The number of nitrogens with two attached hydrogens (primary N) is 2. The molecule has 0 amide bonds. The Kier molecular flexibility index (Phi) is 3.62. The number of aliphatic imine (C=N–C) groups is 1. The first-order valence-electron chi connectivity index (χ1n) is 3.69. The number of hydrogen-bond acceptors (Lipinski definition) is 1. The zero-order valence-electron chi connectivity index (χ0n) is 7.10. The van der Waals surface area contributed by atoms with E-state index in [9.17, 15) is 8.78 Å². The van der Waals surface area contributed by atoms with E-state index in [1.807, 2.05) is 0 Å². The molecule has 0 aliphatic carbocycles. The van der Waals surface area contributed by atoms with E-state index in [0.717, 1.165) is 0 Å². The van der Waals surface area contributed by atoms with E-state index >= 15 is 0 Å². The summed E-state index contributed by atoms with van der Waals surface area (Å²) in [6.45, 7) is 0.0765. The van der Waals surface area contributed by atoms with E-state index in [0.29, 0.717) is 5.56 Å². The van der Waals surface area contributed by atoms with Gasteiger partial charge < -0.3 is 11.5 Å². The zero-order chi connectivity index (χ0) is 10.7. The van der Waals surface area contributed by atoms with Gasteiger partial charge in [-0.3, -0.25) is 0 Å². The third kappa shape index (κ3) is 2.79. The molecule has 0 unspecified atom stereocenters. The summed E-state index contributed by atoms with van der Waals surface area (Å²) in [6.07, 6.45) is 0. The lowest BCUT2D eigenvalue weighted by atomic mass is 10.2. The van der Waals surface area contributed by atoms with Crippen LogP contribution in [0.1, 0.15) is 5.56 Å². The molecular weight excluding hydrogens is 303 g/mol. The molecule has 0 atom stereocenters. The highest BCUT2D eigenvalue weighted by Crippen LogP contribution is 2.17. The van der Waals surface area contributed by atoms with Gasteiger partial charge in [0.05, 0.1) is 10.1 Å².